The number of ether oxygens (including phenoxy) is 4. The first-order valence-electron chi connectivity index (χ1n) is 9.81. The minimum atomic E-state index is -0.874. The van der Waals surface area contributed by atoms with Crippen molar-refractivity contribution >= 4 is 11.9 Å². The average molecular weight is 392 g/mol. The molecule has 0 bridgehead atoms. The summed E-state index contributed by atoms with van der Waals surface area (Å²) >= 11 is 0. The maximum Gasteiger partial charge on any atom is 0.306 e. The number of methoxy groups -OCH3 is 1. The van der Waals surface area contributed by atoms with E-state index in [9.17, 15) is 14.7 Å². The van der Waals surface area contributed by atoms with Crippen LogP contribution >= 0.6 is 0 Å². The Hall–Kier alpha value is -2.28. The molecule has 1 N–H and O–H groups in total. The van der Waals surface area contributed by atoms with Crippen molar-refractivity contribution in [1.29, 1.82) is 0 Å². The van der Waals surface area contributed by atoms with Crippen molar-refractivity contribution in [2.75, 3.05) is 20.3 Å². The molecule has 0 amide bonds. The zero-order chi connectivity index (χ0) is 20.3. The Balaban J connectivity index is 2.10. The Labute approximate surface area is 164 Å². The Morgan fingerprint density at radius 2 is 1.89 bits per heavy atom. The minimum absolute atomic E-state index is 0.0206. The molecule has 7 nitrogen and oxygen atoms in total. The summed E-state index contributed by atoms with van der Waals surface area (Å²) in [5, 5.41) is 10.7. The number of para-hydroxylation sites is 1. The monoisotopic (exact) mass is 392 g/mol. The third kappa shape index (κ3) is 3.43. The van der Waals surface area contributed by atoms with Crippen LogP contribution in [-0.4, -0.2) is 49.6 Å². The first-order valence-corrected chi connectivity index (χ1v) is 9.81. The summed E-state index contributed by atoms with van der Waals surface area (Å²) in [7, 11) is 1.55. The summed E-state index contributed by atoms with van der Waals surface area (Å²) in [5.74, 6) is 0.140. The quantitative estimate of drug-likeness (QED) is 0.712. The molecule has 2 aliphatic rings. The van der Waals surface area contributed by atoms with Crippen LogP contribution in [0.3, 0.4) is 0 Å². The number of benzene rings is 1. The number of aliphatic hydroxyl groups excluding tert-OH is 1. The molecule has 1 aromatic rings. The van der Waals surface area contributed by atoms with Crippen LogP contribution in [-0.2, 0) is 24.5 Å². The van der Waals surface area contributed by atoms with E-state index in [4.69, 9.17) is 18.9 Å². The van der Waals surface area contributed by atoms with E-state index in [1.807, 2.05) is 12.1 Å². The predicted molar refractivity (Wildman–Crippen MR) is 100 cm³/mol. The molecule has 154 valence electrons. The summed E-state index contributed by atoms with van der Waals surface area (Å²) in [6.45, 7) is 4.07. The lowest BCUT2D eigenvalue weighted by Gasteiger charge is -2.46. The van der Waals surface area contributed by atoms with Gasteiger partial charge in [-0.15, -0.1) is 0 Å². The molecule has 0 saturated heterocycles. The lowest BCUT2D eigenvalue weighted by Crippen LogP contribution is -2.56. The van der Waals surface area contributed by atoms with Crippen LogP contribution in [0.2, 0.25) is 0 Å². The molecule has 1 heterocycles. The molecule has 1 aliphatic carbocycles. The summed E-state index contributed by atoms with van der Waals surface area (Å²) < 4.78 is 22.0. The fourth-order valence-electron chi connectivity index (χ4n) is 4.70. The van der Waals surface area contributed by atoms with Gasteiger partial charge < -0.3 is 24.1 Å². The van der Waals surface area contributed by atoms with Crippen molar-refractivity contribution in [3.8, 4) is 11.5 Å². The van der Waals surface area contributed by atoms with E-state index >= 15 is 0 Å². The van der Waals surface area contributed by atoms with E-state index in [0.29, 0.717) is 30.9 Å². The van der Waals surface area contributed by atoms with Gasteiger partial charge in [0.25, 0.3) is 0 Å². The van der Waals surface area contributed by atoms with Crippen LogP contribution in [0.15, 0.2) is 18.2 Å². The summed E-state index contributed by atoms with van der Waals surface area (Å²) in [6.07, 6.45) is -0.184. The predicted octanol–water partition coefficient (Wildman–Crippen LogP) is 2.37. The zero-order valence-electron chi connectivity index (χ0n) is 16.6. The van der Waals surface area contributed by atoms with Crippen LogP contribution < -0.4 is 9.47 Å². The maximum absolute atomic E-state index is 12.6. The normalized spacial score (nSPS) is 27.9. The molecule has 0 aromatic heterocycles. The molecule has 3 rings (SSSR count). The second kappa shape index (κ2) is 8.39. The highest BCUT2D eigenvalue weighted by atomic mass is 16.5. The van der Waals surface area contributed by atoms with Crippen LogP contribution in [0.1, 0.15) is 45.1 Å². The van der Waals surface area contributed by atoms with Crippen LogP contribution in [0.5, 0.6) is 11.5 Å². The molecule has 1 aliphatic heterocycles. The van der Waals surface area contributed by atoms with E-state index in [1.54, 1.807) is 27.0 Å². The number of fused-ring (bicyclic) bond motifs is 3. The fraction of sp³-hybridized carbons (Fsp3) is 0.619. The molecule has 1 fully saturated rings. The third-order valence-corrected chi connectivity index (χ3v) is 5.80. The van der Waals surface area contributed by atoms with Gasteiger partial charge in [-0.05, 0) is 38.7 Å². The second-order valence-electron chi connectivity index (χ2n) is 7.25. The molecule has 4 atom stereocenters. The number of esters is 2. The topological polar surface area (TPSA) is 91.3 Å². The lowest BCUT2D eigenvalue weighted by molar-refractivity contribution is -0.153. The molecular formula is C21H28O7. The number of hydrogen-bond donors (Lipinski definition) is 1. The van der Waals surface area contributed by atoms with Gasteiger partial charge in [0.05, 0.1) is 38.3 Å². The average Bonchev–Trinajstić information content (AvgIpc) is 3.01. The minimum Gasteiger partial charge on any atom is -0.493 e. The number of carbonyl (C=O) groups excluding carboxylic acids is 2. The molecule has 1 saturated carbocycles. The lowest BCUT2D eigenvalue weighted by atomic mass is 9.58. The highest BCUT2D eigenvalue weighted by molar-refractivity contribution is 5.75. The Morgan fingerprint density at radius 3 is 2.57 bits per heavy atom. The molecule has 0 spiro atoms. The summed E-state index contributed by atoms with van der Waals surface area (Å²) in [6, 6.07) is 5.49. The number of aliphatic hydroxyl groups is 1. The number of carbonyl (C=O) groups is 2. The van der Waals surface area contributed by atoms with E-state index in [1.165, 1.54) is 0 Å². The number of hydrogen-bond acceptors (Lipinski definition) is 7. The van der Waals surface area contributed by atoms with E-state index in [0.717, 1.165) is 5.56 Å². The standard InChI is InChI=1S/C21H28O7/c1-4-26-17(23)11-13-9-10-15(22)20-21(13,12-18(24)27-5-2)14-7-6-8-16(25-3)19(14)28-20/h6-8,13,15,20,22H,4-5,9-12H2,1-3H3/t13-,15+,20-,21-/m0/s1. The van der Waals surface area contributed by atoms with Gasteiger partial charge >= 0.3 is 11.9 Å². The zero-order valence-corrected chi connectivity index (χ0v) is 16.6. The van der Waals surface area contributed by atoms with Crippen molar-refractivity contribution in [3.05, 3.63) is 23.8 Å². The number of rotatable bonds is 7. The van der Waals surface area contributed by atoms with Gasteiger partial charge in [-0.25, -0.2) is 0 Å². The first kappa shape index (κ1) is 20.5. The fourth-order valence-corrected chi connectivity index (χ4v) is 4.70. The smallest absolute Gasteiger partial charge is 0.306 e. The molecule has 0 radical (unpaired) electrons. The van der Waals surface area contributed by atoms with Gasteiger partial charge in [-0.3, -0.25) is 9.59 Å². The van der Waals surface area contributed by atoms with Gasteiger partial charge in [-0.2, -0.15) is 0 Å². The van der Waals surface area contributed by atoms with E-state index in [-0.39, 0.29) is 37.3 Å². The van der Waals surface area contributed by atoms with Crippen molar-refractivity contribution < 1.29 is 33.6 Å². The van der Waals surface area contributed by atoms with Crippen molar-refractivity contribution in [2.24, 2.45) is 5.92 Å². The Kier molecular flexibility index (Phi) is 6.13. The molecule has 1 aromatic carbocycles. The van der Waals surface area contributed by atoms with Gasteiger partial charge in [0.1, 0.15) is 6.10 Å². The Bertz CT molecular complexity index is 731. The molecule has 0 unspecified atom stereocenters. The van der Waals surface area contributed by atoms with Gasteiger partial charge in [0.15, 0.2) is 11.5 Å². The molecule has 7 heteroatoms. The molecular weight excluding hydrogens is 364 g/mol. The SMILES string of the molecule is CCOC(=O)C[C@@H]1CC[C@@H](O)[C@@H]2Oc3c(OC)cccc3[C@]12CC(=O)OCC. The second-order valence-corrected chi connectivity index (χ2v) is 7.25. The van der Waals surface area contributed by atoms with Gasteiger partial charge in [-0.1, -0.05) is 12.1 Å². The highest BCUT2D eigenvalue weighted by Gasteiger charge is 2.60. The van der Waals surface area contributed by atoms with E-state index in [2.05, 4.69) is 0 Å². The van der Waals surface area contributed by atoms with Crippen LogP contribution in [0, 0.1) is 5.92 Å². The maximum atomic E-state index is 12.6. The summed E-state index contributed by atoms with van der Waals surface area (Å²) in [4.78, 5) is 24.9. The Morgan fingerprint density at radius 1 is 1.18 bits per heavy atom. The van der Waals surface area contributed by atoms with Crippen molar-refractivity contribution in [1.82, 2.24) is 0 Å². The van der Waals surface area contributed by atoms with Crippen molar-refractivity contribution in [3.63, 3.8) is 0 Å². The van der Waals surface area contributed by atoms with Crippen LogP contribution in [0.4, 0.5) is 0 Å². The van der Waals surface area contributed by atoms with Gasteiger partial charge in [0, 0.05) is 12.0 Å². The van der Waals surface area contributed by atoms with Crippen LogP contribution in [0.25, 0.3) is 0 Å². The first-order chi connectivity index (χ1) is 13.5. The third-order valence-electron chi connectivity index (χ3n) is 5.80. The largest absolute Gasteiger partial charge is 0.493 e. The molecule has 28 heavy (non-hydrogen) atoms. The van der Waals surface area contributed by atoms with E-state index < -0.39 is 17.6 Å². The summed E-state index contributed by atoms with van der Waals surface area (Å²) in [5.41, 5.74) is -0.0986. The highest BCUT2D eigenvalue weighted by Crippen LogP contribution is 2.58. The van der Waals surface area contributed by atoms with Gasteiger partial charge in [0.2, 0.25) is 0 Å². The van der Waals surface area contributed by atoms with Crippen molar-refractivity contribution in [2.45, 2.75) is 57.2 Å².